The average Bonchev–Trinajstić information content (AvgIpc) is 3.39. The summed E-state index contributed by atoms with van der Waals surface area (Å²) in [4.78, 5) is 23.1. The SMILES string of the molecule is CC(=O)N1N=C(c2c(-c3c(Cl)cccc3Cl)noc2C)OC1c1ccc([N+](=O)[O-])s1. The van der Waals surface area contributed by atoms with Crippen molar-refractivity contribution in [3.05, 3.63) is 66.7 Å². The summed E-state index contributed by atoms with van der Waals surface area (Å²) in [6.45, 7) is 2.97. The van der Waals surface area contributed by atoms with Crippen molar-refractivity contribution in [2.45, 2.75) is 20.1 Å². The molecular formula is C18H12Cl2N4O5S. The number of nitro groups is 1. The van der Waals surface area contributed by atoms with Crippen molar-refractivity contribution in [2.75, 3.05) is 0 Å². The molecule has 0 bridgehead atoms. The molecule has 154 valence electrons. The van der Waals surface area contributed by atoms with Crippen molar-refractivity contribution in [3.8, 4) is 11.3 Å². The van der Waals surface area contributed by atoms with Gasteiger partial charge in [0, 0.05) is 18.6 Å². The van der Waals surface area contributed by atoms with Crippen molar-refractivity contribution in [2.24, 2.45) is 5.10 Å². The Balaban J connectivity index is 1.78. The number of thiophene rings is 1. The van der Waals surface area contributed by atoms with Crippen LogP contribution in [0.15, 0.2) is 40.0 Å². The third-order valence-electron chi connectivity index (χ3n) is 4.28. The molecule has 0 spiro atoms. The van der Waals surface area contributed by atoms with Gasteiger partial charge in [0.1, 0.15) is 17.0 Å². The van der Waals surface area contributed by atoms with Gasteiger partial charge in [-0.15, -0.1) is 5.10 Å². The van der Waals surface area contributed by atoms with E-state index in [9.17, 15) is 14.9 Å². The Bertz CT molecular complexity index is 1180. The molecule has 2 aromatic heterocycles. The summed E-state index contributed by atoms with van der Waals surface area (Å²) in [6, 6.07) is 7.88. The summed E-state index contributed by atoms with van der Waals surface area (Å²) in [7, 11) is 0. The Morgan fingerprint density at radius 2 is 1.93 bits per heavy atom. The largest absolute Gasteiger partial charge is 0.445 e. The first kappa shape index (κ1) is 20.3. The molecule has 3 aromatic rings. The number of nitrogens with zero attached hydrogens (tertiary/aromatic N) is 4. The van der Waals surface area contributed by atoms with Crippen LogP contribution in [0.2, 0.25) is 10.0 Å². The van der Waals surface area contributed by atoms with E-state index in [0.717, 1.165) is 16.3 Å². The zero-order chi connectivity index (χ0) is 21.6. The molecule has 0 fully saturated rings. The fraction of sp³-hybridized carbons (Fsp3) is 0.167. The van der Waals surface area contributed by atoms with E-state index in [0.29, 0.717) is 37.5 Å². The number of carbonyl (C=O) groups is 1. The van der Waals surface area contributed by atoms with Crippen LogP contribution in [-0.4, -0.2) is 26.9 Å². The van der Waals surface area contributed by atoms with Gasteiger partial charge in [0.15, 0.2) is 0 Å². The van der Waals surface area contributed by atoms with Crippen molar-refractivity contribution in [3.63, 3.8) is 0 Å². The molecule has 0 saturated carbocycles. The van der Waals surface area contributed by atoms with Gasteiger partial charge < -0.3 is 9.26 Å². The van der Waals surface area contributed by atoms with Gasteiger partial charge in [-0.2, -0.15) is 5.01 Å². The summed E-state index contributed by atoms with van der Waals surface area (Å²) in [5.74, 6) is 0.0366. The number of benzene rings is 1. The summed E-state index contributed by atoms with van der Waals surface area (Å²) in [5.41, 5.74) is 1.12. The van der Waals surface area contributed by atoms with E-state index in [4.69, 9.17) is 32.5 Å². The molecule has 0 radical (unpaired) electrons. The predicted octanol–water partition coefficient (Wildman–Crippen LogP) is 5.17. The van der Waals surface area contributed by atoms with E-state index in [1.807, 2.05) is 0 Å². The second-order valence-electron chi connectivity index (χ2n) is 6.23. The van der Waals surface area contributed by atoms with E-state index in [1.54, 1.807) is 25.1 Å². The van der Waals surface area contributed by atoms with Crippen molar-refractivity contribution >= 4 is 51.3 Å². The first-order valence-electron chi connectivity index (χ1n) is 8.48. The molecule has 0 aliphatic carbocycles. The molecule has 4 rings (SSSR count). The maximum absolute atomic E-state index is 12.2. The highest BCUT2D eigenvalue weighted by Crippen LogP contribution is 2.41. The third kappa shape index (κ3) is 3.42. The number of carbonyl (C=O) groups excluding carboxylic acids is 1. The number of hydrogen-bond acceptors (Lipinski definition) is 8. The number of halogens is 2. The molecule has 1 unspecified atom stereocenters. The predicted molar refractivity (Wildman–Crippen MR) is 111 cm³/mol. The fourth-order valence-corrected chi connectivity index (χ4v) is 4.36. The van der Waals surface area contributed by atoms with E-state index in [-0.39, 0.29) is 10.9 Å². The minimum Gasteiger partial charge on any atom is -0.445 e. The number of aromatic nitrogens is 1. The second-order valence-corrected chi connectivity index (χ2v) is 8.14. The third-order valence-corrected chi connectivity index (χ3v) is 5.98. The molecule has 1 aromatic carbocycles. The maximum Gasteiger partial charge on any atom is 0.324 e. The number of amides is 1. The Morgan fingerprint density at radius 3 is 2.53 bits per heavy atom. The van der Waals surface area contributed by atoms with Gasteiger partial charge >= 0.3 is 5.00 Å². The lowest BCUT2D eigenvalue weighted by atomic mass is 10.1. The standard InChI is InChI=1S/C18H12Cl2N4O5S/c1-8-14(16(22-29-8)15-10(19)4-3-5-11(15)20)17-21-23(9(2)25)18(28-17)12-6-7-13(30-12)24(26)27/h3-7,18H,1-2H3. The van der Waals surface area contributed by atoms with E-state index >= 15 is 0 Å². The van der Waals surface area contributed by atoms with E-state index in [2.05, 4.69) is 10.3 Å². The quantitative estimate of drug-likeness (QED) is 0.387. The Labute approximate surface area is 183 Å². The van der Waals surface area contributed by atoms with Gasteiger partial charge in [-0.25, -0.2) is 0 Å². The molecule has 12 heteroatoms. The van der Waals surface area contributed by atoms with Crippen molar-refractivity contribution < 1.29 is 19.0 Å². The average molecular weight is 467 g/mol. The first-order valence-corrected chi connectivity index (χ1v) is 10.1. The Hall–Kier alpha value is -2.95. The molecule has 3 heterocycles. The van der Waals surface area contributed by atoms with Gasteiger partial charge in [0.05, 0.1) is 19.8 Å². The van der Waals surface area contributed by atoms with Crippen LogP contribution in [0, 0.1) is 17.0 Å². The normalized spacial score (nSPS) is 15.8. The lowest BCUT2D eigenvalue weighted by molar-refractivity contribution is -0.380. The maximum atomic E-state index is 12.2. The Kier molecular flexibility index (Phi) is 5.22. The minimum atomic E-state index is -0.958. The molecular weight excluding hydrogens is 455 g/mol. The number of ether oxygens (including phenoxy) is 1. The summed E-state index contributed by atoms with van der Waals surface area (Å²) >= 11 is 13.5. The number of hydrogen-bond donors (Lipinski definition) is 0. The lowest BCUT2D eigenvalue weighted by Gasteiger charge is -2.17. The van der Waals surface area contributed by atoms with Gasteiger partial charge in [-0.1, -0.05) is 45.8 Å². The first-order chi connectivity index (χ1) is 14.3. The lowest BCUT2D eigenvalue weighted by Crippen LogP contribution is -2.24. The molecule has 1 aliphatic rings. The van der Waals surface area contributed by atoms with Crippen LogP contribution in [0.5, 0.6) is 0 Å². The van der Waals surface area contributed by atoms with Crippen LogP contribution in [0.1, 0.15) is 29.4 Å². The highest BCUT2D eigenvalue weighted by Gasteiger charge is 2.38. The smallest absolute Gasteiger partial charge is 0.324 e. The van der Waals surface area contributed by atoms with Crippen molar-refractivity contribution in [1.82, 2.24) is 10.2 Å². The highest BCUT2D eigenvalue weighted by molar-refractivity contribution is 7.15. The van der Waals surface area contributed by atoms with Gasteiger partial charge in [-0.05, 0) is 25.1 Å². The van der Waals surface area contributed by atoms with Gasteiger partial charge in [-0.3, -0.25) is 14.9 Å². The molecule has 9 nitrogen and oxygen atoms in total. The molecule has 0 N–H and O–H groups in total. The van der Waals surface area contributed by atoms with Crippen LogP contribution in [0.25, 0.3) is 11.3 Å². The van der Waals surface area contributed by atoms with Crippen LogP contribution in [0.3, 0.4) is 0 Å². The van der Waals surface area contributed by atoms with E-state index in [1.165, 1.54) is 19.1 Å². The van der Waals surface area contributed by atoms with E-state index < -0.39 is 17.1 Å². The monoisotopic (exact) mass is 466 g/mol. The van der Waals surface area contributed by atoms with Crippen LogP contribution in [0.4, 0.5) is 5.00 Å². The fourth-order valence-electron chi connectivity index (χ4n) is 2.94. The highest BCUT2D eigenvalue weighted by atomic mass is 35.5. The Morgan fingerprint density at radius 1 is 1.23 bits per heavy atom. The van der Waals surface area contributed by atoms with Crippen LogP contribution in [-0.2, 0) is 9.53 Å². The van der Waals surface area contributed by atoms with Gasteiger partial charge in [0.25, 0.3) is 0 Å². The molecule has 0 saturated heterocycles. The minimum absolute atomic E-state index is 0.0657. The van der Waals surface area contributed by atoms with Crippen LogP contribution < -0.4 is 0 Å². The summed E-state index contributed by atoms with van der Waals surface area (Å²) < 4.78 is 11.3. The van der Waals surface area contributed by atoms with Gasteiger partial charge in [0.2, 0.25) is 18.0 Å². The van der Waals surface area contributed by atoms with Crippen LogP contribution >= 0.6 is 34.5 Å². The molecule has 1 aliphatic heterocycles. The zero-order valence-corrected chi connectivity index (χ0v) is 17.8. The topological polar surface area (TPSA) is 111 Å². The zero-order valence-electron chi connectivity index (χ0n) is 15.5. The number of hydrazone groups is 1. The second kappa shape index (κ2) is 7.71. The van der Waals surface area contributed by atoms with Crippen molar-refractivity contribution in [1.29, 1.82) is 0 Å². The molecule has 30 heavy (non-hydrogen) atoms. The molecule has 1 amide bonds. The summed E-state index contributed by atoms with van der Waals surface area (Å²) in [5, 5.41) is 21.1. The summed E-state index contributed by atoms with van der Waals surface area (Å²) in [6.07, 6.45) is -0.958. The number of rotatable bonds is 4. The number of aryl methyl sites for hydroxylation is 1. The molecule has 1 atom stereocenters.